The van der Waals surface area contributed by atoms with Crippen molar-refractivity contribution in [3.05, 3.63) is 16.3 Å². The van der Waals surface area contributed by atoms with E-state index in [9.17, 15) is 24.5 Å². The van der Waals surface area contributed by atoms with Crippen LogP contribution in [0.2, 0.25) is 0 Å². The molecule has 2 heterocycles. The fourth-order valence-corrected chi connectivity index (χ4v) is 2.59. The molecule has 0 unspecified atom stereocenters. The molecule has 110 valence electrons. The second-order valence-corrected chi connectivity index (χ2v) is 5.61. The van der Waals surface area contributed by atoms with Crippen molar-refractivity contribution in [3.63, 3.8) is 0 Å². The Balaban J connectivity index is 1.86. The number of nitrogens with zero attached hydrogens (tertiary/aromatic N) is 3. The number of amidine groups is 1. The Hall–Kier alpha value is -2.34. The van der Waals surface area contributed by atoms with Crippen molar-refractivity contribution in [2.24, 2.45) is 4.99 Å². The Morgan fingerprint density at radius 1 is 1.57 bits per heavy atom. The topological polar surface area (TPSA) is 144 Å². The van der Waals surface area contributed by atoms with Gasteiger partial charge in [0.05, 0.1) is 10.7 Å². The third-order valence-corrected chi connectivity index (χ3v) is 3.78. The molecule has 1 aliphatic rings. The Kier molecular flexibility index (Phi) is 4.59. The number of aromatic nitrogens is 1. The van der Waals surface area contributed by atoms with Crippen molar-refractivity contribution in [2.45, 2.75) is 6.42 Å². The van der Waals surface area contributed by atoms with Crippen LogP contribution in [0.5, 0.6) is 0 Å². The molecule has 1 aliphatic heterocycles. The Bertz CT molecular complexity index is 655. The summed E-state index contributed by atoms with van der Waals surface area (Å²) in [7, 11) is 0. The van der Waals surface area contributed by atoms with Crippen molar-refractivity contribution in [3.8, 4) is 0 Å². The summed E-state index contributed by atoms with van der Waals surface area (Å²) in [5, 5.41) is 15.2. The molecule has 3 amide bonds. The molecule has 0 fully saturated rings. The molecule has 21 heavy (non-hydrogen) atoms. The van der Waals surface area contributed by atoms with Gasteiger partial charge in [-0.25, -0.2) is 4.98 Å². The maximum atomic E-state index is 11.6. The van der Waals surface area contributed by atoms with E-state index in [2.05, 4.69) is 20.6 Å². The molecule has 0 bridgehead atoms. The van der Waals surface area contributed by atoms with E-state index < -0.39 is 22.6 Å². The van der Waals surface area contributed by atoms with E-state index in [4.69, 9.17) is 0 Å². The zero-order chi connectivity index (χ0) is 15.4. The largest absolute Gasteiger partial charge is 0.345 e. The molecule has 0 saturated heterocycles. The van der Waals surface area contributed by atoms with Crippen LogP contribution in [0.25, 0.3) is 0 Å². The van der Waals surface area contributed by atoms with Gasteiger partial charge >= 0.3 is 5.00 Å². The molecule has 0 saturated carbocycles. The number of aliphatic imine (C=N–C) groups is 1. The summed E-state index contributed by atoms with van der Waals surface area (Å²) in [5.41, 5.74) is 0. The van der Waals surface area contributed by atoms with E-state index in [1.54, 1.807) is 0 Å². The van der Waals surface area contributed by atoms with Gasteiger partial charge in [-0.2, -0.15) is 4.99 Å². The molecular weight excluding hydrogens is 322 g/mol. The molecule has 0 aliphatic carbocycles. The van der Waals surface area contributed by atoms with Gasteiger partial charge in [0.1, 0.15) is 12.6 Å². The molecule has 12 heteroatoms. The molecule has 2 rings (SSSR count). The average Bonchev–Trinajstić information content (AvgIpc) is 2.84. The van der Waals surface area contributed by atoms with E-state index >= 15 is 0 Å². The highest BCUT2D eigenvalue weighted by Crippen LogP contribution is 2.25. The maximum absolute atomic E-state index is 11.6. The van der Waals surface area contributed by atoms with Gasteiger partial charge < -0.3 is 10.6 Å². The summed E-state index contributed by atoms with van der Waals surface area (Å²) in [4.78, 5) is 50.8. The van der Waals surface area contributed by atoms with E-state index in [0.717, 1.165) is 29.3 Å². The molecule has 1 aromatic heterocycles. The van der Waals surface area contributed by atoms with E-state index in [1.165, 1.54) is 0 Å². The van der Waals surface area contributed by atoms with Crippen LogP contribution in [-0.2, 0) is 14.4 Å². The minimum atomic E-state index is -0.611. The van der Waals surface area contributed by atoms with Gasteiger partial charge in [-0.1, -0.05) is 11.8 Å². The van der Waals surface area contributed by atoms with Crippen molar-refractivity contribution < 1.29 is 19.3 Å². The lowest BCUT2D eigenvalue weighted by molar-refractivity contribution is -0.380. The van der Waals surface area contributed by atoms with Crippen LogP contribution in [-0.4, -0.2) is 38.5 Å². The minimum Gasteiger partial charge on any atom is -0.305 e. The molecule has 0 aromatic carbocycles. The number of hydrogen-bond donors (Lipinski definition) is 2. The van der Waals surface area contributed by atoms with Crippen molar-refractivity contribution in [2.75, 3.05) is 11.1 Å². The van der Waals surface area contributed by atoms with Gasteiger partial charge in [-0.15, -0.1) is 0 Å². The molecule has 2 N–H and O–H groups in total. The lowest BCUT2D eigenvalue weighted by Crippen LogP contribution is -2.35. The smallest absolute Gasteiger partial charge is 0.305 e. The van der Waals surface area contributed by atoms with Gasteiger partial charge in [0, 0.05) is 0 Å². The number of thiazole rings is 1. The number of anilines is 1. The Labute approximate surface area is 125 Å². The fraction of sp³-hybridized carbons (Fsp3) is 0.222. The first kappa shape index (κ1) is 15.1. The van der Waals surface area contributed by atoms with Gasteiger partial charge in [0.2, 0.25) is 11.8 Å². The highest BCUT2D eigenvalue weighted by Gasteiger charge is 2.20. The first-order valence-electron chi connectivity index (χ1n) is 5.38. The van der Waals surface area contributed by atoms with Crippen LogP contribution in [0.3, 0.4) is 0 Å². The fourth-order valence-electron chi connectivity index (χ4n) is 1.25. The van der Waals surface area contributed by atoms with Crippen LogP contribution in [0.4, 0.5) is 10.1 Å². The number of carbonyl (C=O) groups is 3. The van der Waals surface area contributed by atoms with Crippen molar-refractivity contribution in [1.29, 1.82) is 0 Å². The number of hydrogen-bond acceptors (Lipinski definition) is 8. The number of nitrogens with one attached hydrogen (secondary N) is 2. The number of thioether (sulfide) groups is 1. The minimum absolute atomic E-state index is 0.0523. The molecule has 10 nitrogen and oxygen atoms in total. The van der Waals surface area contributed by atoms with Gasteiger partial charge in [0.15, 0.2) is 10.3 Å². The Morgan fingerprint density at radius 2 is 2.33 bits per heavy atom. The first-order chi connectivity index (χ1) is 9.94. The summed E-state index contributed by atoms with van der Waals surface area (Å²) >= 11 is 1.60. The third-order valence-electron chi connectivity index (χ3n) is 2.04. The number of amides is 3. The summed E-state index contributed by atoms with van der Waals surface area (Å²) < 4.78 is 0. The van der Waals surface area contributed by atoms with Gasteiger partial charge in [-0.3, -0.25) is 24.5 Å². The van der Waals surface area contributed by atoms with Crippen molar-refractivity contribution >= 4 is 56.1 Å². The van der Waals surface area contributed by atoms with Crippen molar-refractivity contribution in [1.82, 2.24) is 10.3 Å². The van der Waals surface area contributed by atoms with Crippen LogP contribution >= 0.6 is 23.1 Å². The average molecular weight is 329 g/mol. The first-order valence-corrected chi connectivity index (χ1v) is 7.18. The molecule has 1 aromatic rings. The number of nitro groups is 1. The lowest BCUT2D eigenvalue weighted by Gasteiger charge is -2.10. The summed E-state index contributed by atoms with van der Waals surface area (Å²) in [6, 6.07) is 0. The molecule has 0 spiro atoms. The normalized spacial score (nSPS) is 14.4. The predicted molar refractivity (Wildman–Crippen MR) is 75.1 cm³/mol. The predicted octanol–water partition coefficient (Wildman–Crippen LogP) is 0.125. The number of rotatable bonds is 4. The van der Waals surface area contributed by atoms with E-state index in [1.807, 2.05) is 0 Å². The van der Waals surface area contributed by atoms with Crippen LogP contribution in [0.1, 0.15) is 6.42 Å². The standard InChI is InChI=1S/C9H7N5O5S2/c15-4-1-5(16)12-9(11-4)20-3-6(17)13-8-10-2-7(21-8)14(18)19/h2H,1,3H2,(H,10,13,17)(H,11,12,15,16). The summed E-state index contributed by atoms with van der Waals surface area (Å²) in [6.07, 6.45) is 0.733. The van der Waals surface area contributed by atoms with Crippen LogP contribution in [0, 0.1) is 10.1 Å². The lowest BCUT2D eigenvalue weighted by atomic mass is 10.4. The quantitative estimate of drug-likeness (QED) is 0.453. The van der Waals surface area contributed by atoms with Gasteiger partial charge in [0.25, 0.3) is 5.91 Å². The SMILES string of the molecule is O=C1CC(=O)NC(SCC(=O)Nc2ncc([N+](=O)[O-])s2)=N1. The summed E-state index contributed by atoms with van der Waals surface area (Å²) in [6.45, 7) is 0. The van der Waals surface area contributed by atoms with E-state index in [-0.39, 0.29) is 27.5 Å². The molecule has 0 atom stereocenters. The second kappa shape index (κ2) is 6.41. The maximum Gasteiger partial charge on any atom is 0.345 e. The zero-order valence-corrected chi connectivity index (χ0v) is 11.8. The second-order valence-electron chi connectivity index (χ2n) is 3.63. The molecule has 0 radical (unpaired) electrons. The zero-order valence-electron chi connectivity index (χ0n) is 10.2. The van der Waals surface area contributed by atoms with Gasteiger partial charge in [-0.05, 0) is 11.3 Å². The monoisotopic (exact) mass is 329 g/mol. The summed E-state index contributed by atoms with van der Waals surface area (Å²) in [5.74, 6) is -1.66. The number of carbonyl (C=O) groups excluding carboxylic acids is 3. The Morgan fingerprint density at radius 3 is 2.95 bits per heavy atom. The highest BCUT2D eigenvalue weighted by atomic mass is 32.2. The van der Waals surface area contributed by atoms with Crippen LogP contribution < -0.4 is 10.6 Å². The third kappa shape index (κ3) is 4.32. The molecular formula is C9H7N5O5S2. The van der Waals surface area contributed by atoms with Crippen LogP contribution in [0.15, 0.2) is 11.2 Å². The highest BCUT2D eigenvalue weighted by molar-refractivity contribution is 8.14. The van der Waals surface area contributed by atoms with E-state index in [0.29, 0.717) is 0 Å².